The number of alkyl halides is 1. The molecule has 10 nitrogen and oxygen atoms in total. The molecule has 1 aromatic carbocycles. The van der Waals surface area contributed by atoms with Gasteiger partial charge in [-0.15, -0.1) is 0 Å². The zero-order valence-corrected chi connectivity index (χ0v) is 21.0. The second kappa shape index (κ2) is 10.7. The van der Waals surface area contributed by atoms with Crippen LogP contribution in [-0.4, -0.2) is 56.9 Å². The number of rotatable bonds is 8. The van der Waals surface area contributed by atoms with E-state index in [1.165, 1.54) is 26.2 Å². The third-order valence-corrected chi connectivity index (χ3v) is 5.90. The Bertz CT molecular complexity index is 1540. The first-order valence-corrected chi connectivity index (χ1v) is 11.7. The van der Waals surface area contributed by atoms with Gasteiger partial charge in [0.15, 0.2) is 0 Å². The molecule has 0 aliphatic rings. The Morgan fingerprint density at radius 1 is 1.13 bits per heavy atom. The summed E-state index contributed by atoms with van der Waals surface area (Å²) in [7, 11) is 1.54. The first-order chi connectivity index (χ1) is 18.1. The monoisotopic (exact) mass is 515 g/mol. The number of hydrogen-bond donors (Lipinski definition) is 4. The summed E-state index contributed by atoms with van der Waals surface area (Å²) in [6.07, 6.45) is 1.14. The Morgan fingerprint density at radius 3 is 2.53 bits per heavy atom. The second-order valence-corrected chi connectivity index (χ2v) is 9.14. The molecule has 3 heterocycles. The number of nitrogens with one attached hydrogen (secondary N) is 3. The van der Waals surface area contributed by atoms with Crippen molar-refractivity contribution in [3.63, 3.8) is 0 Å². The van der Waals surface area contributed by atoms with E-state index in [4.69, 9.17) is 5.26 Å². The fourth-order valence-corrected chi connectivity index (χ4v) is 3.67. The molecule has 3 aromatic heterocycles. The molecule has 0 saturated heterocycles. The highest BCUT2D eigenvalue weighted by Crippen LogP contribution is 2.28. The zero-order valence-electron chi connectivity index (χ0n) is 21.0. The van der Waals surface area contributed by atoms with E-state index < -0.39 is 24.2 Å². The molecule has 0 aliphatic carbocycles. The second-order valence-electron chi connectivity index (χ2n) is 9.14. The summed E-state index contributed by atoms with van der Waals surface area (Å²) in [5.74, 6) is -0.820. The van der Waals surface area contributed by atoms with Gasteiger partial charge in [0.2, 0.25) is 0 Å². The number of nitrogens with zero attached hydrogens (tertiary/aromatic N) is 4. The van der Waals surface area contributed by atoms with Gasteiger partial charge in [0.1, 0.15) is 12.2 Å². The summed E-state index contributed by atoms with van der Waals surface area (Å²) < 4.78 is 15.9. The molecule has 4 rings (SSSR count). The number of benzene rings is 1. The quantitative estimate of drug-likeness (QED) is 0.282. The van der Waals surface area contributed by atoms with Crippen molar-refractivity contribution in [1.29, 1.82) is 5.26 Å². The smallest absolute Gasteiger partial charge is 0.255 e. The number of fused-ring (bicyclic) bond motifs is 1. The molecule has 0 saturated carbocycles. The lowest BCUT2D eigenvalue weighted by Crippen LogP contribution is -2.42. The van der Waals surface area contributed by atoms with Crippen LogP contribution in [0.1, 0.15) is 40.1 Å². The molecule has 194 valence electrons. The molecule has 4 N–H and O–H groups in total. The van der Waals surface area contributed by atoms with E-state index in [1.807, 2.05) is 0 Å². The SMILES string of the molecule is CNC(=O)c1ccc(Nc2cc(-c3ccc4cc(C#N)cnn34)ncc2C(=O)NC[C@@H](F)C(C)(C)O)cc1. The zero-order chi connectivity index (χ0) is 27.4. The van der Waals surface area contributed by atoms with Crippen LogP contribution < -0.4 is 16.0 Å². The molecule has 0 radical (unpaired) electrons. The summed E-state index contributed by atoms with van der Waals surface area (Å²) >= 11 is 0. The molecule has 11 heteroatoms. The van der Waals surface area contributed by atoms with Crippen LogP contribution in [0.4, 0.5) is 15.8 Å². The predicted molar refractivity (Wildman–Crippen MR) is 140 cm³/mol. The average molecular weight is 516 g/mol. The number of amides is 2. The molecule has 0 bridgehead atoms. The minimum absolute atomic E-state index is 0.146. The van der Waals surface area contributed by atoms with Gasteiger partial charge in [0, 0.05) is 24.5 Å². The van der Waals surface area contributed by atoms with Crippen molar-refractivity contribution in [3.05, 3.63) is 77.6 Å². The fraction of sp³-hybridized carbons (Fsp3) is 0.222. The maximum absolute atomic E-state index is 14.3. The molecule has 0 fully saturated rings. The van der Waals surface area contributed by atoms with Gasteiger partial charge in [-0.05, 0) is 62.4 Å². The van der Waals surface area contributed by atoms with Crippen LogP contribution in [0.15, 0.2) is 60.9 Å². The van der Waals surface area contributed by atoms with Gasteiger partial charge in [-0.1, -0.05) is 0 Å². The van der Waals surface area contributed by atoms with Crippen molar-refractivity contribution < 1.29 is 19.1 Å². The largest absolute Gasteiger partial charge is 0.387 e. The van der Waals surface area contributed by atoms with Gasteiger partial charge in [-0.25, -0.2) is 8.91 Å². The number of pyridine rings is 1. The predicted octanol–water partition coefficient (Wildman–Crippen LogP) is 3.21. The Kier molecular flexibility index (Phi) is 7.36. The van der Waals surface area contributed by atoms with E-state index in [-0.39, 0.29) is 11.5 Å². The lowest BCUT2D eigenvalue weighted by atomic mass is 10.0. The number of anilines is 2. The van der Waals surface area contributed by atoms with Crippen molar-refractivity contribution in [3.8, 4) is 17.5 Å². The van der Waals surface area contributed by atoms with Crippen LogP contribution in [0.3, 0.4) is 0 Å². The summed E-state index contributed by atoms with van der Waals surface area (Å²) in [5, 5.41) is 31.6. The summed E-state index contributed by atoms with van der Waals surface area (Å²) in [6, 6.07) is 15.7. The number of halogens is 1. The molecule has 0 aliphatic heterocycles. The molecule has 38 heavy (non-hydrogen) atoms. The maximum Gasteiger partial charge on any atom is 0.255 e. The van der Waals surface area contributed by atoms with E-state index in [9.17, 15) is 19.1 Å². The van der Waals surface area contributed by atoms with Crippen LogP contribution in [0.25, 0.3) is 16.9 Å². The molecule has 1 atom stereocenters. The van der Waals surface area contributed by atoms with Crippen molar-refractivity contribution in [2.75, 3.05) is 18.9 Å². The lowest BCUT2D eigenvalue weighted by molar-refractivity contribution is -0.00177. The lowest BCUT2D eigenvalue weighted by Gasteiger charge is -2.22. The van der Waals surface area contributed by atoms with Crippen LogP contribution in [-0.2, 0) is 0 Å². The van der Waals surface area contributed by atoms with Crippen molar-refractivity contribution in [1.82, 2.24) is 25.2 Å². The molecule has 0 unspecified atom stereocenters. The van der Waals surface area contributed by atoms with E-state index in [2.05, 4.69) is 32.1 Å². The Labute approximate surface area is 218 Å². The highest BCUT2D eigenvalue weighted by Gasteiger charge is 2.27. The first kappa shape index (κ1) is 26.2. The van der Waals surface area contributed by atoms with Crippen LogP contribution in [0.2, 0.25) is 0 Å². The molecular formula is C27H26FN7O3. The van der Waals surface area contributed by atoms with Crippen LogP contribution >= 0.6 is 0 Å². The number of nitriles is 1. The van der Waals surface area contributed by atoms with E-state index >= 15 is 0 Å². The highest BCUT2D eigenvalue weighted by molar-refractivity contribution is 6.01. The van der Waals surface area contributed by atoms with Crippen molar-refractivity contribution in [2.24, 2.45) is 0 Å². The minimum atomic E-state index is -1.68. The summed E-state index contributed by atoms with van der Waals surface area (Å²) in [4.78, 5) is 29.3. The standard InChI is InChI=1S/C27H26FN7O3/c1-27(2,38)24(28)15-32-26(37)20-14-31-22(23-9-8-19-10-16(12-29)13-33-35(19)23)11-21(20)34-18-6-4-17(5-7-18)25(36)30-3/h4-11,13-14,24,38H,15H2,1-3H3,(H,30,36)(H,31,34)(H,32,37)/t24-/m1/s1. The molecule has 2 amide bonds. The third-order valence-electron chi connectivity index (χ3n) is 5.90. The minimum Gasteiger partial charge on any atom is -0.387 e. The van der Waals surface area contributed by atoms with Gasteiger partial charge >= 0.3 is 0 Å². The maximum atomic E-state index is 14.3. The Balaban J connectivity index is 1.70. The van der Waals surface area contributed by atoms with E-state index in [0.29, 0.717) is 39.4 Å². The number of carbonyl (C=O) groups is 2. The van der Waals surface area contributed by atoms with Gasteiger partial charge in [-0.3, -0.25) is 14.6 Å². The van der Waals surface area contributed by atoms with Crippen molar-refractivity contribution >= 4 is 28.7 Å². The first-order valence-electron chi connectivity index (χ1n) is 11.7. The molecule has 4 aromatic rings. The highest BCUT2D eigenvalue weighted by atomic mass is 19.1. The summed E-state index contributed by atoms with van der Waals surface area (Å²) in [5.41, 5.74) is 2.20. The number of carbonyl (C=O) groups excluding carboxylic acids is 2. The number of aliphatic hydroxyl groups is 1. The third kappa shape index (κ3) is 5.61. The molecular weight excluding hydrogens is 489 g/mol. The Morgan fingerprint density at radius 2 is 1.87 bits per heavy atom. The van der Waals surface area contributed by atoms with Crippen molar-refractivity contribution in [2.45, 2.75) is 25.6 Å². The number of hydrogen-bond acceptors (Lipinski definition) is 7. The van der Waals surface area contributed by atoms with Gasteiger partial charge in [-0.2, -0.15) is 10.4 Å². The average Bonchev–Trinajstić information content (AvgIpc) is 3.34. The van der Waals surface area contributed by atoms with E-state index in [0.717, 1.165) is 0 Å². The van der Waals surface area contributed by atoms with Gasteiger partial charge in [0.05, 0.1) is 52.1 Å². The topological polar surface area (TPSA) is 144 Å². The normalized spacial score (nSPS) is 12.0. The fourth-order valence-electron chi connectivity index (χ4n) is 3.67. The van der Waals surface area contributed by atoms with Gasteiger partial charge in [0.25, 0.3) is 11.8 Å². The number of aromatic nitrogens is 3. The Hall–Kier alpha value is -4.82. The van der Waals surface area contributed by atoms with E-state index in [1.54, 1.807) is 60.1 Å². The van der Waals surface area contributed by atoms with Crippen LogP contribution in [0, 0.1) is 11.3 Å². The summed E-state index contributed by atoms with van der Waals surface area (Å²) in [6.45, 7) is 2.26. The molecule has 0 spiro atoms. The van der Waals surface area contributed by atoms with Gasteiger partial charge < -0.3 is 21.1 Å². The van der Waals surface area contributed by atoms with Crippen LogP contribution in [0.5, 0.6) is 0 Å².